The van der Waals surface area contributed by atoms with Crippen molar-refractivity contribution in [1.29, 1.82) is 0 Å². The second-order valence-electron chi connectivity index (χ2n) is 10.5. The number of hydrogen-bond acceptors (Lipinski definition) is 8. The van der Waals surface area contributed by atoms with Crippen molar-refractivity contribution < 1.29 is 19.5 Å². The highest BCUT2D eigenvalue weighted by Gasteiger charge is 2.52. The van der Waals surface area contributed by atoms with E-state index in [2.05, 4.69) is 17.2 Å². The summed E-state index contributed by atoms with van der Waals surface area (Å²) in [6, 6.07) is 11.5. The van der Waals surface area contributed by atoms with Crippen molar-refractivity contribution in [2.45, 2.75) is 58.3 Å². The van der Waals surface area contributed by atoms with Crippen LogP contribution in [0.5, 0.6) is 5.75 Å². The molecule has 41 heavy (non-hydrogen) atoms. The number of benzene rings is 2. The van der Waals surface area contributed by atoms with Crippen LogP contribution in [-0.4, -0.2) is 86.1 Å². The average molecular weight is 580 g/mol. The molecule has 0 spiro atoms. The summed E-state index contributed by atoms with van der Waals surface area (Å²) < 4.78 is 0.947. The predicted molar refractivity (Wildman–Crippen MR) is 158 cm³/mol. The minimum Gasteiger partial charge on any atom is -0.508 e. The molecule has 0 radical (unpaired) electrons. The molecule has 4 amide bonds. The zero-order valence-electron chi connectivity index (χ0n) is 23.5. The Morgan fingerprint density at radius 2 is 1.95 bits per heavy atom. The van der Waals surface area contributed by atoms with Crippen molar-refractivity contribution in [2.24, 2.45) is 0 Å². The Balaban J connectivity index is 1.48. The highest BCUT2D eigenvalue weighted by molar-refractivity contribution is 7.22. The molecule has 12 heteroatoms. The number of para-hydroxylation sites is 1. The highest BCUT2D eigenvalue weighted by atomic mass is 32.1. The molecule has 2 aromatic carbocycles. The van der Waals surface area contributed by atoms with Crippen molar-refractivity contribution in [2.75, 3.05) is 31.9 Å². The number of urea groups is 1. The molecule has 2 saturated heterocycles. The van der Waals surface area contributed by atoms with E-state index in [1.165, 1.54) is 11.3 Å². The second-order valence-corrected chi connectivity index (χ2v) is 11.6. The Morgan fingerprint density at radius 3 is 2.68 bits per heavy atom. The van der Waals surface area contributed by atoms with E-state index >= 15 is 0 Å². The number of phenolic OH excluding ortho intramolecular Hbond substituents is 1. The van der Waals surface area contributed by atoms with Crippen LogP contribution in [0.4, 0.5) is 9.93 Å². The second kappa shape index (κ2) is 12.3. The van der Waals surface area contributed by atoms with Crippen LogP contribution in [0.3, 0.4) is 0 Å². The number of anilines is 1. The summed E-state index contributed by atoms with van der Waals surface area (Å²) in [5.41, 5.74) is 8.46. The number of rotatable bonds is 10. The summed E-state index contributed by atoms with van der Waals surface area (Å²) in [5.74, 6) is -0.227. The number of amides is 4. The van der Waals surface area contributed by atoms with Crippen LogP contribution in [0, 0.1) is 0 Å². The lowest BCUT2D eigenvalue weighted by Gasteiger charge is -2.46. The number of unbranched alkanes of at least 4 members (excludes halogenated alkanes) is 1. The molecule has 0 aliphatic carbocycles. The van der Waals surface area contributed by atoms with Gasteiger partial charge in [-0.3, -0.25) is 14.6 Å². The third-order valence-electron chi connectivity index (χ3n) is 7.60. The van der Waals surface area contributed by atoms with E-state index in [1.807, 2.05) is 30.1 Å². The first-order chi connectivity index (χ1) is 19.8. The van der Waals surface area contributed by atoms with Gasteiger partial charge in [-0.2, -0.15) is 5.01 Å². The zero-order valence-corrected chi connectivity index (χ0v) is 24.3. The number of nitrogen functional groups attached to an aromatic ring is 1. The fourth-order valence-electron chi connectivity index (χ4n) is 5.62. The number of phenols is 1. The molecule has 218 valence electrons. The number of nitrogens with one attached hydrogen (secondary N) is 1. The minimum absolute atomic E-state index is 0.0112. The molecule has 0 saturated carbocycles. The van der Waals surface area contributed by atoms with E-state index in [1.54, 1.807) is 39.1 Å². The van der Waals surface area contributed by atoms with Crippen LogP contribution in [0.25, 0.3) is 10.2 Å². The summed E-state index contributed by atoms with van der Waals surface area (Å²) in [5, 5.41) is 16.7. The Bertz CT molecular complexity index is 1410. The Morgan fingerprint density at radius 1 is 1.17 bits per heavy atom. The van der Waals surface area contributed by atoms with Gasteiger partial charge in [0.25, 0.3) is 0 Å². The number of hydrazine groups is 1. The lowest BCUT2D eigenvalue weighted by Crippen LogP contribution is -2.66. The van der Waals surface area contributed by atoms with Gasteiger partial charge in [0.15, 0.2) is 5.13 Å². The zero-order chi connectivity index (χ0) is 29.1. The summed E-state index contributed by atoms with van der Waals surface area (Å²) in [4.78, 5) is 48.8. The van der Waals surface area contributed by atoms with Gasteiger partial charge in [-0.15, -0.1) is 0 Å². The fourth-order valence-corrected chi connectivity index (χ4v) is 6.41. The van der Waals surface area contributed by atoms with E-state index in [-0.39, 0.29) is 43.1 Å². The first-order valence-corrected chi connectivity index (χ1v) is 15.0. The number of hydrogen-bond donors (Lipinski definition) is 3. The van der Waals surface area contributed by atoms with Crippen LogP contribution in [0.15, 0.2) is 42.5 Å². The van der Waals surface area contributed by atoms with Gasteiger partial charge >= 0.3 is 6.03 Å². The Kier molecular flexibility index (Phi) is 8.60. The number of aromatic hydroxyl groups is 1. The normalized spacial score (nSPS) is 19.2. The van der Waals surface area contributed by atoms with E-state index in [4.69, 9.17) is 5.73 Å². The molecule has 11 nitrogen and oxygen atoms in total. The number of carbonyl (C=O) groups is 3. The third-order valence-corrected chi connectivity index (χ3v) is 8.45. The van der Waals surface area contributed by atoms with Gasteiger partial charge in [0.2, 0.25) is 11.8 Å². The number of nitrogens with zero attached hydrogens (tertiary/aromatic N) is 5. The Hall–Kier alpha value is -3.90. The molecule has 3 aromatic rings. The highest BCUT2D eigenvalue weighted by Crippen LogP contribution is 2.32. The van der Waals surface area contributed by atoms with Crippen LogP contribution in [-0.2, 0) is 22.6 Å². The van der Waals surface area contributed by atoms with Crippen molar-refractivity contribution in [3.63, 3.8) is 0 Å². The first kappa shape index (κ1) is 28.6. The lowest BCUT2D eigenvalue weighted by molar-refractivity contribution is -0.157. The third kappa shape index (κ3) is 5.94. The number of piperazine rings is 1. The monoisotopic (exact) mass is 579 g/mol. The van der Waals surface area contributed by atoms with Gasteiger partial charge in [-0.1, -0.05) is 55.9 Å². The number of thiazole rings is 1. The van der Waals surface area contributed by atoms with Gasteiger partial charge < -0.3 is 26.0 Å². The quantitative estimate of drug-likeness (QED) is 0.314. The van der Waals surface area contributed by atoms with E-state index in [0.29, 0.717) is 31.2 Å². The smallest absolute Gasteiger partial charge is 0.332 e. The van der Waals surface area contributed by atoms with Crippen molar-refractivity contribution in [3.8, 4) is 5.75 Å². The van der Waals surface area contributed by atoms with Gasteiger partial charge in [-0.25, -0.2) is 9.78 Å². The maximum absolute atomic E-state index is 14.1. The molecule has 3 heterocycles. The first-order valence-electron chi connectivity index (χ1n) is 14.1. The molecular formula is C29H37N7O4S. The van der Waals surface area contributed by atoms with Crippen LogP contribution >= 0.6 is 11.3 Å². The van der Waals surface area contributed by atoms with Crippen molar-refractivity contribution >= 4 is 44.5 Å². The number of aromatic nitrogens is 1. The van der Waals surface area contributed by atoms with Gasteiger partial charge in [0, 0.05) is 26.1 Å². The molecule has 1 aromatic heterocycles. The summed E-state index contributed by atoms with van der Waals surface area (Å²) >= 11 is 1.40. The van der Waals surface area contributed by atoms with Crippen LogP contribution < -0.4 is 11.1 Å². The Labute approximate surface area is 243 Å². The summed E-state index contributed by atoms with van der Waals surface area (Å²) in [6.07, 6.45) is 2.32. The molecule has 5 rings (SSSR count). The predicted octanol–water partition coefficient (Wildman–Crippen LogP) is 3.14. The standard InChI is InChI=1S/C29H37N7O4S/c1-3-5-13-31-29(40)34(14-4-2)35-18-25(38)36-22(15-19-9-11-21(37)12-10-19)27(39)33(17-24(35)36)16-20-7-6-8-23-26(20)32-28(30)41-23/h6-12,22,24,37H,3-5,13-18H2,1-2H3,(H2,30,32)(H,31,40)/t22-,24+/m0/s1. The largest absolute Gasteiger partial charge is 0.508 e. The summed E-state index contributed by atoms with van der Waals surface area (Å²) in [6.45, 7) is 5.62. The molecular weight excluding hydrogens is 542 g/mol. The number of fused-ring (bicyclic) bond motifs is 2. The van der Waals surface area contributed by atoms with E-state index in [0.717, 1.165) is 34.2 Å². The van der Waals surface area contributed by atoms with Crippen molar-refractivity contribution in [1.82, 2.24) is 30.1 Å². The molecule has 2 aliphatic rings. The van der Waals surface area contributed by atoms with Gasteiger partial charge in [-0.05, 0) is 42.2 Å². The molecule has 2 aliphatic heterocycles. The molecule has 2 atom stereocenters. The average Bonchev–Trinajstić information content (AvgIpc) is 3.49. The van der Waals surface area contributed by atoms with Crippen molar-refractivity contribution in [3.05, 3.63) is 53.6 Å². The summed E-state index contributed by atoms with van der Waals surface area (Å²) in [7, 11) is 0. The van der Waals surface area contributed by atoms with Crippen LogP contribution in [0.1, 0.15) is 44.2 Å². The SMILES string of the molecule is CCCCNC(=O)N(CCC)N1CC(=O)N2[C@@H](Cc3ccc(O)cc3)C(=O)N(Cc3cccc4sc(N)nc34)C[C@@H]21. The van der Waals surface area contributed by atoms with E-state index < -0.39 is 12.2 Å². The maximum Gasteiger partial charge on any atom is 0.332 e. The lowest BCUT2D eigenvalue weighted by atomic mass is 9.99. The molecule has 4 N–H and O–H groups in total. The van der Waals surface area contributed by atoms with E-state index in [9.17, 15) is 19.5 Å². The molecule has 2 fully saturated rings. The number of nitrogens with two attached hydrogens (primary N) is 1. The fraction of sp³-hybridized carbons (Fsp3) is 0.448. The molecule has 0 unspecified atom stereocenters. The van der Waals surface area contributed by atoms with Crippen LogP contribution in [0.2, 0.25) is 0 Å². The number of carbonyl (C=O) groups excluding carboxylic acids is 3. The minimum atomic E-state index is -0.762. The topological polar surface area (TPSA) is 135 Å². The maximum atomic E-state index is 14.1. The van der Waals surface area contributed by atoms with Gasteiger partial charge in [0.05, 0.1) is 23.3 Å². The van der Waals surface area contributed by atoms with Gasteiger partial charge in [0.1, 0.15) is 18.0 Å². The molecule has 0 bridgehead atoms.